The lowest BCUT2D eigenvalue weighted by molar-refractivity contribution is -0.127. The van der Waals surface area contributed by atoms with Crippen molar-refractivity contribution in [1.82, 2.24) is 15.2 Å². The first-order valence-corrected chi connectivity index (χ1v) is 6.16. The van der Waals surface area contributed by atoms with E-state index in [9.17, 15) is 9.59 Å². The van der Waals surface area contributed by atoms with Crippen LogP contribution in [0.4, 0.5) is 0 Å². The molecule has 106 valence electrons. The van der Waals surface area contributed by atoms with Crippen LogP contribution >= 0.6 is 0 Å². The average Bonchev–Trinajstić information content (AvgIpc) is 2.86. The third-order valence-electron chi connectivity index (χ3n) is 2.97. The second-order valence-corrected chi connectivity index (χ2v) is 4.61. The summed E-state index contributed by atoms with van der Waals surface area (Å²) in [7, 11) is 4.87. The molecular formula is C14H17N3O3. The quantitative estimate of drug-likeness (QED) is 0.874. The molecule has 0 aliphatic carbocycles. The number of likely N-dealkylation sites (N-methyl/N-ethyl adjacent to an activating group) is 1. The fourth-order valence-corrected chi connectivity index (χ4v) is 1.76. The van der Waals surface area contributed by atoms with Crippen molar-refractivity contribution in [3.05, 3.63) is 30.0 Å². The zero-order valence-corrected chi connectivity index (χ0v) is 11.7. The minimum atomic E-state index is -0.310. The smallest absolute Gasteiger partial charge is 0.268 e. The van der Waals surface area contributed by atoms with Crippen molar-refractivity contribution in [3.8, 4) is 5.75 Å². The van der Waals surface area contributed by atoms with Crippen molar-refractivity contribution < 1.29 is 14.3 Å². The summed E-state index contributed by atoms with van der Waals surface area (Å²) in [5, 5.41) is 3.49. The first-order chi connectivity index (χ1) is 9.51. The third kappa shape index (κ3) is 2.90. The van der Waals surface area contributed by atoms with Crippen LogP contribution in [-0.4, -0.2) is 49.4 Å². The Kier molecular flexibility index (Phi) is 3.93. The molecule has 6 heteroatoms. The molecule has 0 bridgehead atoms. The van der Waals surface area contributed by atoms with E-state index < -0.39 is 0 Å². The Morgan fingerprint density at radius 2 is 2.05 bits per heavy atom. The van der Waals surface area contributed by atoms with Crippen molar-refractivity contribution in [2.75, 3.05) is 27.7 Å². The molecule has 0 radical (unpaired) electrons. The maximum absolute atomic E-state index is 12.0. The van der Waals surface area contributed by atoms with Crippen LogP contribution in [0, 0.1) is 0 Å². The van der Waals surface area contributed by atoms with E-state index >= 15 is 0 Å². The molecule has 1 aromatic carbocycles. The lowest BCUT2D eigenvalue weighted by atomic mass is 10.2. The molecule has 0 saturated heterocycles. The van der Waals surface area contributed by atoms with E-state index in [0.717, 1.165) is 10.9 Å². The summed E-state index contributed by atoms with van der Waals surface area (Å²) in [4.78, 5) is 27.8. The van der Waals surface area contributed by atoms with Crippen LogP contribution in [0.3, 0.4) is 0 Å². The van der Waals surface area contributed by atoms with Gasteiger partial charge in [-0.15, -0.1) is 0 Å². The summed E-state index contributed by atoms with van der Waals surface area (Å²) in [5.41, 5.74) is 1.23. The fraction of sp³-hybridized carbons (Fsp3) is 0.286. The normalized spacial score (nSPS) is 10.3. The van der Waals surface area contributed by atoms with Gasteiger partial charge in [0.25, 0.3) is 5.91 Å². The lowest BCUT2D eigenvalue weighted by Gasteiger charge is -2.10. The van der Waals surface area contributed by atoms with Crippen molar-refractivity contribution in [3.63, 3.8) is 0 Å². The molecule has 2 N–H and O–H groups in total. The van der Waals surface area contributed by atoms with Gasteiger partial charge >= 0.3 is 0 Å². The molecule has 1 heterocycles. The minimum absolute atomic E-state index is 0.0233. The van der Waals surface area contributed by atoms with Crippen molar-refractivity contribution in [2.24, 2.45) is 0 Å². The molecule has 20 heavy (non-hydrogen) atoms. The molecule has 0 aliphatic rings. The minimum Gasteiger partial charge on any atom is -0.497 e. The molecule has 0 atom stereocenters. The van der Waals surface area contributed by atoms with Gasteiger partial charge in [0, 0.05) is 31.1 Å². The van der Waals surface area contributed by atoms with Gasteiger partial charge in [-0.05, 0) is 18.2 Å². The van der Waals surface area contributed by atoms with E-state index in [1.54, 1.807) is 27.3 Å². The van der Waals surface area contributed by atoms with E-state index in [-0.39, 0.29) is 18.4 Å². The van der Waals surface area contributed by atoms with Gasteiger partial charge in [-0.3, -0.25) is 9.59 Å². The van der Waals surface area contributed by atoms with Crippen molar-refractivity contribution >= 4 is 22.7 Å². The van der Waals surface area contributed by atoms with Gasteiger partial charge in [0.2, 0.25) is 5.91 Å². The molecule has 0 fully saturated rings. The summed E-state index contributed by atoms with van der Waals surface area (Å²) < 4.78 is 5.13. The summed E-state index contributed by atoms with van der Waals surface area (Å²) in [6.45, 7) is -0.0233. The van der Waals surface area contributed by atoms with Gasteiger partial charge in [-0.25, -0.2) is 0 Å². The van der Waals surface area contributed by atoms with Crippen LogP contribution in [0.5, 0.6) is 5.75 Å². The number of hydrogen-bond acceptors (Lipinski definition) is 3. The highest BCUT2D eigenvalue weighted by Crippen LogP contribution is 2.21. The van der Waals surface area contributed by atoms with Crippen LogP contribution in [0.1, 0.15) is 10.5 Å². The Bertz CT molecular complexity index is 646. The predicted molar refractivity (Wildman–Crippen MR) is 75.9 cm³/mol. The van der Waals surface area contributed by atoms with Crippen LogP contribution in [0.2, 0.25) is 0 Å². The predicted octanol–water partition coefficient (Wildman–Crippen LogP) is 0.994. The maximum Gasteiger partial charge on any atom is 0.268 e. The number of aromatic amines is 1. The Morgan fingerprint density at radius 1 is 1.30 bits per heavy atom. The van der Waals surface area contributed by atoms with Crippen LogP contribution in [0.25, 0.3) is 10.9 Å². The molecule has 0 aliphatic heterocycles. The van der Waals surface area contributed by atoms with E-state index in [1.807, 2.05) is 18.2 Å². The van der Waals surface area contributed by atoms with Gasteiger partial charge in [0.05, 0.1) is 13.7 Å². The lowest BCUT2D eigenvalue weighted by Crippen LogP contribution is -2.36. The number of amides is 2. The standard InChI is InChI=1S/C14H17N3O3/c1-17(2)13(18)8-15-14(19)12-6-9-4-5-10(20-3)7-11(9)16-12/h4-7,16H,8H2,1-3H3,(H,15,19). The third-order valence-corrected chi connectivity index (χ3v) is 2.97. The Morgan fingerprint density at radius 3 is 2.70 bits per heavy atom. The van der Waals surface area contributed by atoms with Gasteiger partial charge in [-0.2, -0.15) is 0 Å². The summed E-state index contributed by atoms with van der Waals surface area (Å²) in [6, 6.07) is 7.25. The average molecular weight is 275 g/mol. The highest BCUT2D eigenvalue weighted by atomic mass is 16.5. The number of carbonyl (C=O) groups excluding carboxylic acids is 2. The number of nitrogens with one attached hydrogen (secondary N) is 2. The maximum atomic E-state index is 12.0. The molecule has 6 nitrogen and oxygen atoms in total. The number of benzene rings is 1. The first kappa shape index (κ1) is 13.9. The van der Waals surface area contributed by atoms with Gasteiger partial charge < -0.3 is 19.9 Å². The number of methoxy groups -OCH3 is 1. The monoisotopic (exact) mass is 275 g/mol. The topological polar surface area (TPSA) is 74.4 Å². The second-order valence-electron chi connectivity index (χ2n) is 4.61. The van der Waals surface area contributed by atoms with E-state index in [4.69, 9.17) is 4.74 Å². The van der Waals surface area contributed by atoms with Gasteiger partial charge in [-0.1, -0.05) is 0 Å². The van der Waals surface area contributed by atoms with Crippen LogP contribution < -0.4 is 10.1 Å². The molecule has 2 aromatic rings. The summed E-state index contributed by atoms with van der Waals surface area (Å²) in [6.07, 6.45) is 0. The van der Waals surface area contributed by atoms with E-state index in [0.29, 0.717) is 11.4 Å². The highest BCUT2D eigenvalue weighted by molar-refractivity contribution is 5.99. The number of nitrogens with zero attached hydrogens (tertiary/aromatic N) is 1. The molecule has 1 aromatic heterocycles. The number of carbonyl (C=O) groups is 2. The summed E-state index contributed by atoms with van der Waals surface area (Å²) in [5.74, 6) is 0.251. The van der Waals surface area contributed by atoms with Crippen molar-refractivity contribution in [1.29, 1.82) is 0 Å². The molecule has 0 spiro atoms. The largest absolute Gasteiger partial charge is 0.497 e. The number of fused-ring (bicyclic) bond motifs is 1. The molecule has 0 unspecified atom stereocenters. The zero-order valence-electron chi connectivity index (χ0n) is 11.7. The Hall–Kier alpha value is -2.50. The number of hydrogen-bond donors (Lipinski definition) is 2. The van der Waals surface area contributed by atoms with Crippen LogP contribution in [0.15, 0.2) is 24.3 Å². The number of rotatable bonds is 4. The van der Waals surface area contributed by atoms with Gasteiger partial charge in [0.15, 0.2) is 0 Å². The first-order valence-electron chi connectivity index (χ1n) is 6.16. The number of aromatic nitrogens is 1. The number of ether oxygens (including phenoxy) is 1. The number of H-pyrrole nitrogens is 1. The van der Waals surface area contributed by atoms with Crippen LogP contribution in [-0.2, 0) is 4.79 Å². The van der Waals surface area contributed by atoms with E-state index in [1.165, 1.54) is 4.90 Å². The molecule has 0 saturated carbocycles. The Balaban J connectivity index is 2.12. The highest BCUT2D eigenvalue weighted by Gasteiger charge is 2.12. The molecule has 2 rings (SSSR count). The van der Waals surface area contributed by atoms with Gasteiger partial charge in [0.1, 0.15) is 11.4 Å². The SMILES string of the molecule is COc1ccc2cc(C(=O)NCC(=O)N(C)C)[nH]c2c1. The van der Waals surface area contributed by atoms with E-state index in [2.05, 4.69) is 10.3 Å². The second kappa shape index (κ2) is 5.64. The summed E-state index contributed by atoms with van der Waals surface area (Å²) >= 11 is 0. The molecule has 2 amide bonds. The molecular weight excluding hydrogens is 258 g/mol. The fourth-order valence-electron chi connectivity index (χ4n) is 1.76. The zero-order chi connectivity index (χ0) is 14.7. The Labute approximate surface area is 116 Å². The van der Waals surface area contributed by atoms with Crippen molar-refractivity contribution in [2.45, 2.75) is 0 Å².